The van der Waals surface area contributed by atoms with E-state index in [4.69, 9.17) is 5.73 Å². The van der Waals surface area contributed by atoms with Gasteiger partial charge < -0.3 is 5.73 Å². The van der Waals surface area contributed by atoms with Crippen molar-refractivity contribution < 1.29 is 8.42 Å². The minimum Gasteiger partial charge on any atom is -0.326 e. The van der Waals surface area contributed by atoms with Crippen LogP contribution in [0.1, 0.15) is 29.5 Å². The summed E-state index contributed by atoms with van der Waals surface area (Å²) in [5.41, 5.74) is 7.18. The lowest BCUT2D eigenvalue weighted by Gasteiger charge is -2.07. The molecule has 1 saturated heterocycles. The van der Waals surface area contributed by atoms with Crippen LogP contribution in [0.15, 0.2) is 18.3 Å². The van der Waals surface area contributed by atoms with Crippen molar-refractivity contribution in [2.24, 2.45) is 5.73 Å². The fourth-order valence-corrected chi connectivity index (χ4v) is 4.24. The van der Waals surface area contributed by atoms with Gasteiger partial charge in [-0.25, -0.2) is 8.42 Å². The normalized spacial score (nSPS) is 22.6. The van der Waals surface area contributed by atoms with Crippen LogP contribution < -0.4 is 5.73 Å². The Balaban J connectivity index is 2.17. The van der Waals surface area contributed by atoms with Crippen molar-refractivity contribution in [3.63, 3.8) is 0 Å². The van der Waals surface area contributed by atoms with Crippen molar-refractivity contribution >= 4 is 15.5 Å². The molecule has 1 aliphatic heterocycles. The molecule has 0 aliphatic carbocycles. The van der Waals surface area contributed by atoms with Crippen molar-refractivity contribution in [1.82, 2.24) is 14.6 Å². The van der Waals surface area contributed by atoms with E-state index in [0.29, 0.717) is 30.9 Å². The number of hydrogen-bond acceptors (Lipinski definition) is 5. The zero-order valence-electron chi connectivity index (χ0n) is 9.78. The molecule has 2 aromatic rings. The molecule has 0 spiro atoms. The lowest BCUT2D eigenvalue weighted by atomic mass is 10.2. The summed E-state index contributed by atoms with van der Waals surface area (Å²) in [5, 5.41) is 7.53. The Morgan fingerprint density at radius 2 is 2.22 bits per heavy atom. The monoisotopic (exact) mass is 266 g/mol. The third-order valence-electron chi connectivity index (χ3n) is 3.34. The maximum atomic E-state index is 12.0. The van der Waals surface area contributed by atoms with Crippen molar-refractivity contribution in [3.05, 3.63) is 29.7 Å². The highest BCUT2D eigenvalue weighted by atomic mass is 32.2. The van der Waals surface area contributed by atoms with Gasteiger partial charge >= 0.3 is 0 Å². The summed E-state index contributed by atoms with van der Waals surface area (Å²) in [4.78, 5) is 0. The van der Waals surface area contributed by atoms with Crippen LogP contribution in [-0.2, 0) is 16.4 Å². The molecule has 3 rings (SSSR count). The largest absolute Gasteiger partial charge is 0.326 e. The second-order valence-corrected chi connectivity index (χ2v) is 6.83. The molecule has 0 bridgehead atoms. The van der Waals surface area contributed by atoms with Crippen LogP contribution in [0.5, 0.6) is 0 Å². The summed E-state index contributed by atoms with van der Waals surface area (Å²) in [6, 6.07) is 3.68. The van der Waals surface area contributed by atoms with Gasteiger partial charge in [0.2, 0.25) is 0 Å². The summed E-state index contributed by atoms with van der Waals surface area (Å²) in [7, 11) is -3.08. The molecule has 0 saturated carbocycles. The fourth-order valence-electron chi connectivity index (χ4n) is 2.37. The van der Waals surface area contributed by atoms with E-state index >= 15 is 0 Å². The van der Waals surface area contributed by atoms with Gasteiger partial charge in [-0.3, -0.25) is 4.40 Å². The molecule has 0 radical (unpaired) electrons. The van der Waals surface area contributed by atoms with Gasteiger partial charge in [-0.05, 0) is 24.5 Å². The van der Waals surface area contributed by atoms with Gasteiger partial charge in [-0.15, -0.1) is 10.2 Å². The molecule has 7 heteroatoms. The zero-order chi connectivity index (χ0) is 12.8. The van der Waals surface area contributed by atoms with Crippen LogP contribution in [0.3, 0.4) is 0 Å². The quantitative estimate of drug-likeness (QED) is 0.851. The second kappa shape index (κ2) is 4.03. The molecule has 1 atom stereocenters. The van der Waals surface area contributed by atoms with Crippen LogP contribution >= 0.6 is 0 Å². The fraction of sp³-hybridized carbons (Fsp3) is 0.455. The van der Waals surface area contributed by atoms with Crippen LogP contribution in [-0.4, -0.2) is 28.8 Å². The predicted molar refractivity (Wildman–Crippen MR) is 66.6 cm³/mol. The molecule has 2 N–H and O–H groups in total. The molecule has 6 nitrogen and oxygen atoms in total. The molecule has 1 unspecified atom stereocenters. The minimum absolute atomic E-state index is 0.239. The van der Waals surface area contributed by atoms with Crippen molar-refractivity contribution in [3.8, 4) is 0 Å². The number of aromatic nitrogens is 3. The molecule has 0 amide bonds. The summed E-state index contributed by atoms with van der Waals surface area (Å²) in [6.45, 7) is 0.408. The molecule has 3 heterocycles. The highest BCUT2D eigenvalue weighted by Crippen LogP contribution is 2.33. The molecule has 18 heavy (non-hydrogen) atoms. The topological polar surface area (TPSA) is 90.3 Å². The Hall–Kier alpha value is -1.47. The van der Waals surface area contributed by atoms with E-state index < -0.39 is 15.1 Å². The predicted octanol–water partition coefficient (Wildman–Crippen LogP) is 0.438. The number of hydrogen-bond donors (Lipinski definition) is 1. The van der Waals surface area contributed by atoms with Crippen LogP contribution in [0.4, 0.5) is 0 Å². The van der Waals surface area contributed by atoms with E-state index in [1.165, 1.54) is 0 Å². The van der Waals surface area contributed by atoms with Crippen molar-refractivity contribution in [2.45, 2.75) is 24.6 Å². The molecular formula is C11H14N4O2S. The highest BCUT2D eigenvalue weighted by molar-refractivity contribution is 7.91. The van der Waals surface area contributed by atoms with Gasteiger partial charge in [0.05, 0.1) is 5.75 Å². The Morgan fingerprint density at radius 1 is 1.39 bits per heavy atom. The van der Waals surface area contributed by atoms with Gasteiger partial charge in [0.15, 0.2) is 21.3 Å². The molecule has 2 aromatic heterocycles. The van der Waals surface area contributed by atoms with E-state index in [1.54, 1.807) is 10.5 Å². The Bertz CT molecular complexity index is 692. The van der Waals surface area contributed by atoms with Crippen molar-refractivity contribution in [1.29, 1.82) is 0 Å². The van der Waals surface area contributed by atoms with E-state index in [0.717, 1.165) is 5.56 Å². The number of sulfone groups is 1. The van der Waals surface area contributed by atoms with E-state index in [-0.39, 0.29) is 5.75 Å². The first-order valence-corrected chi connectivity index (χ1v) is 7.58. The smallest absolute Gasteiger partial charge is 0.160 e. The van der Waals surface area contributed by atoms with Gasteiger partial charge in [0, 0.05) is 12.7 Å². The number of fused-ring (bicyclic) bond motifs is 1. The number of nitrogens with zero attached hydrogens (tertiary/aromatic N) is 3. The highest BCUT2D eigenvalue weighted by Gasteiger charge is 2.36. The maximum absolute atomic E-state index is 12.0. The third-order valence-corrected chi connectivity index (χ3v) is 5.51. The summed E-state index contributed by atoms with van der Waals surface area (Å²) < 4.78 is 25.7. The van der Waals surface area contributed by atoms with Gasteiger partial charge in [0.1, 0.15) is 5.25 Å². The van der Waals surface area contributed by atoms with Gasteiger partial charge in [-0.1, -0.05) is 6.07 Å². The van der Waals surface area contributed by atoms with Crippen molar-refractivity contribution in [2.75, 3.05) is 5.75 Å². The third kappa shape index (κ3) is 1.70. The Morgan fingerprint density at radius 3 is 2.89 bits per heavy atom. The zero-order valence-corrected chi connectivity index (χ0v) is 10.6. The van der Waals surface area contributed by atoms with E-state index in [1.807, 2.05) is 12.3 Å². The van der Waals surface area contributed by atoms with Crippen LogP contribution in [0.2, 0.25) is 0 Å². The first-order chi connectivity index (χ1) is 8.62. The summed E-state index contributed by atoms with van der Waals surface area (Å²) in [5.74, 6) is 0.751. The lowest BCUT2D eigenvalue weighted by Crippen LogP contribution is -2.12. The van der Waals surface area contributed by atoms with E-state index in [2.05, 4.69) is 10.2 Å². The number of nitrogens with two attached hydrogens (primary N) is 1. The Labute approximate surface area is 105 Å². The summed E-state index contributed by atoms with van der Waals surface area (Å²) in [6.07, 6.45) is 3.13. The number of pyridine rings is 1. The lowest BCUT2D eigenvalue weighted by molar-refractivity contribution is 0.588. The SMILES string of the molecule is NCc1ccc2nnc(C3CCCS3(=O)=O)n2c1. The van der Waals surface area contributed by atoms with Crippen LogP contribution in [0, 0.1) is 0 Å². The second-order valence-electron chi connectivity index (χ2n) is 4.53. The standard InChI is InChI=1S/C11H14N4O2S/c12-6-8-3-4-10-13-14-11(15(10)7-8)9-2-1-5-18(9,16)17/h3-4,7,9H,1-2,5-6,12H2. The van der Waals surface area contributed by atoms with Gasteiger partial charge in [0.25, 0.3) is 0 Å². The first kappa shape index (κ1) is 11.6. The summed E-state index contributed by atoms with van der Waals surface area (Å²) >= 11 is 0. The van der Waals surface area contributed by atoms with Crippen LogP contribution in [0.25, 0.3) is 5.65 Å². The average molecular weight is 266 g/mol. The molecular weight excluding hydrogens is 252 g/mol. The number of rotatable bonds is 2. The Kier molecular flexibility index (Phi) is 2.60. The van der Waals surface area contributed by atoms with E-state index in [9.17, 15) is 8.42 Å². The molecule has 0 aromatic carbocycles. The minimum atomic E-state index is -3.08. The average Bonchev–Trinajstić information content (AvgIpc) is 2.90. The molecule has 1 aliphatic rings. The molecule has 1 fully saturated rings. The first-order valence-electron chi connectivity index (χ1n) is 5.87. The maximum Gasteiger partial charge on any atom is 0.160 e. The van der Waals surface area contributed by atoms with Gasteiger partial charge in [-0.2, -0.15) is 0 Å². The molecule has 96 valence electrons.